The minimum Gasteiger partial charge on any atom is -0.507 e. The van der Waals surface area contributed by atoms with Gasteiger partial charge in [-0.2, -0.15) is 0 Å². The van der Waals surface area contributed by atoms with Gasteiger partial charge in [0.2, 0.25) is 0 Å². The highest BCUT2D eigenvalue weighted by atomic mass is 35.5. The van der Waals surface area contributed by atoms with Crippen LogP contribution in [0, 0.1) is 0 Å². The molecule has 1 heterocycles. The van der Waals surface area contributed by atoms with E-state index in [1.165, 1.54) is 18.2 Å². The summed E-state index contributed by atoms with van der Waals surface area (Å²) in [4.78, 5) is 12.5. The number of nitrogens with one attached hydrogen (secondary N) is 1. The van der Waals surface area contributed by atoms with E-state index in [0.717, 1.165) is 10.8 Å². The monoisotopic (exact) mass is 325 g/mol. The van der Waals surface area contributed by atoms with Crippen molar-refractivity contribution in [3.63, 3.8) is 0 Å². The van der Waals surface area contributed by atoms with E-state index in [9.17, 15) is 15.0 Å². The minimum absolute atomic E-state index is 0.105. The highest BCUT2D eigenvalue weighted by molar-refractivity contribution is 6.30. The first-order chi connectivity index (χ1) is 11.0. The number of phenolic OH excluding ortho intramolecular Hbond substituents is 1. The van der Waals surface area contributed by atoms with Crippen LogP contribution in [0.5, 0.6) is 5.75 Å². The van der Waals surface area contributed by atoms with Gasteiger partial charge in [0.1, 0.15) is 5.75 Å². The van der Waals surface area contributed by atoms with Gasteiger partial charge in [0, 0.05) is 21.5 Å². The maximum atomic E-state index is 12.5. The number of fused-ring (bicyclic) bond motifs is 3. The Labute approximate surface area is 136 Å². The quantitative estimate of drug-likeness (QED) is 0.642. The van der Waals surface area contributed by atoms with Crippen LogP contribution in [-0.4, -0.2) is 16.1 Å². The fourth-order valence-corrected chi connectivity index (χ4v) is 3.28. The Morgan fingerprint density at radius 2 is 1.74 bits per heavy atom. The van der Waals surface area contributed by atoms with E-state index in [4.69, 9.17) is 11.6 Å². The van der Waals surface area contributed by atoms with E-state index in [0.29, 0.717) is 16.3 Å². The number of halogens is 1. The average Bonchev–Trinajstić information content (AvgIpc) is 2.80. The molecule has 0 bridgehead atoms. The number of phenols is 1. The molecule has 1 aliphatic heterocycles. The fourth-order valence-electron chi connectivity index (χ4n) is 3.11. The molecule has 0 saturated carbocycles. The summed E-state index contributed by atoms with van der Waals surface area (Å²) >= 11 is 5.84. The number of aromatic hydroxyl groups is 1. The molecule has 1 aliphatic rings. The third-order valence-corrected chi connectivity index (χ3v) is 4.47. The van der Waals surface area contributed by atoms with E-state index < -0.39 is 11.5 Å². The van der Waals surface area contributed by atoms with Crippen molar-refractivity contribution in [2.24, 2.45) is 0 Å². The highest BCUT2D eigenvalue weighted by Crippen LogP contribution is 2.46. The lowest BCUT2D eigenvalue weighted by Gasteiger charge is -2.22. The van der Waals surface area contributed by atoms with Gasteiger partial charge >= 0.3 is 0 Å². The summed E-state index contributed by atoms with van der Waals surface area (Å²) in [6, 6.07) is 15.4. The summed E-state index contributed by atoms with van der Waals surface area (Å²) in [7, 11) is 0. The zero-order chi connectivity index (χ0) is 16.2. The molecule has 5 heteroatoms. The number of hydrogen-bond donors (Lipinski definition) is 3. The number of benzene rings is 3. The lowest BCUT2D eigenvalue weighted by Crippen LogP contribution is -2.35. The van der Waals surface area contributed by atoms with Gasteiger partial charge < -0.3 is 15.5 Å². The lowest BCUT2D eigenvalue weighted by molar-refractivity contribution is -0.129. The van der Waals surface area contributed by atoms with Crippen LogP contribution in [0.2, 0.25) is 5.02 Å². The van der Waals surface area contributed by atoms with E-state index in [1.54, 1.807) is 6.07 Å². The Kier molecular flexibility index (Phi) is 2.88. The lowest BCUT2D eigenvalue weighted by atomic mass is 9.86. The van der Waals surface area contributed by atoms with Gasteiger partial charge in [-0.25, -0.2) is 0 Å². The van der Waals surface area contributed by atoms with E-state index >= 15 is 0 Å². The van der Waals surface area contributed by atoms with Gasteiger partial charge in [-0.15, -0.1) is 0 Å². The fraction of sp³-hybridized carbons (Fsp3) is 0.0556. The van der Waals surface area contributed by atoms with Gasteiger partial charge in [0.15, 0.2) is 5.60 Å². The Balaban J connectivity index is 2.02. The Hall–Kier alpha value is -2.56. The van der Waals surface area contributed by atoms with Gasteiger partial charge in [-0.3, -0.25) is 4.79 Å². The third kappa shape index (κ3) is 1.86. The number of carbonyl (C=O) groups is 1. The van der Waals surface area contributed by atoms with E-state index in [1.807, 2.05) is 30.3 Å². The van der Waals surface area contributed by atoms with Crippen molar-refractivity contribution in [3.05, 3.63) is 70.7 Å². The van der Waals surface area contributed by atoms with Crippen molar-refractivity contribution in [3.8, 4) is 5.75 Å². The number of rotatable bonds is 1. The molecule has 0 fully saturated rings. The van der Waals surface area contributed by atoms with Crippen molar-refractivity contribution in [1.82, 2.24) is 0 Å². The number of amides is 1. The number of hydrogen-bond acceptors (Lipinski definition) is 3. The normalized spacial score (nSPS) is 19.7. The second kappa shape index (κ2) is 4.72. The van der Waals surface area contributed by atoms with Gasteiger partial charge in [0.25, 0.3) is 5.91 Å². The minimum atomic E-state index is -1.95. The molecular formula is C18H12ClNO3. The van der Waals surface area contributed by atoms with Gasteiger partial charge in [-0.1, -0.05) is 54.1 Å². The van der Waals surface area contributed by atoms with Crippen molar-refractivity contribution in [2.75, 3.05) is 5.32 Å². The zero-order valence-electron chi connectivity index (χ0n) is 11.9. The molecule has 0 aromatic heterocycles. The second-order valence-corrected chi connectivity index (χ2v) is 5.97. The number of carbonyl (C=O) groups excluding carboxylic acids is 1. The molecule has 0 radical (unpaired) electrons. The summed E-state index contributed by atoms with van der Waals surface area (Å²) in [5.74, 6) is -0.822. The van der Waals surface area contributed by atoms with Crippen LogP contribution in [0.3, 0.4) is 0 Å². The van der Waals surface area contributed by atoms with E-state index in [2.05, 4.69) is 5.32 Å². The topological polar surface area (TPSA) is 69.6 Å². The third-order valence-electron chi connectivity index (χ3n) is 4.24. The summed E-state index contributed by atoms with van der Waals surface area (Å²) < 4.78 is 0. The molecule has 23 heavy (non-hydrogen) atoms. The van der Waals surface area contributed by atoms with Crippen LogP contribution < -0.4 is 5.32 Å². The van der Waals surface area contributed by atoms with Crippen LogP contribution in [0.4, 0.5) is 5.69 Å². The SMILES string of the molecule is O=C1Nc2c(ccc3ccccc23)C1(O)c1ccc(Cl)cc1O. The first-order valence-electron chi connectivity index (χ1n) is 7.07. The van der Waals surface area contributed by atoms with Crippen LogP contribution >= 0.6 is 11.6 Å². The maximum absolute atomic E-state index is 12.5. The van der Waals surface area contributed by atoms with Crippen molar-refractivity contribution < 1.29 is 15.0 Å². The molecule has 3 aromatic carbocycles. The van der Waals surface area contributed by atoms with Crippen LogP contribution in [0.15, 0.2) is 54.6 Å². The van der Waals surface area contributed by atoms with Crippen LogP contribution in [0.25, 0.3) is 10.8 Å². The molecule has 3 N–H and O–H groups in total. The van der Waals surface area contributed by atoms with Crippen LogP contribution in [0.1, 0.15) is 11.1 Å². The average molecular weight is 326 g/mol. The Morgan fingerprint density at radius 1 is 1.00 bits per heavy atom. The molecule has 1 atom stereocenters. The van der Waals surface area contributed by atoms with Crippen LogP contribution in [-0.2, 0) is 10.4 Å². The van der Waals surface area contributed by atoms with Crippen molar-refractivity contribution in [1.29, 1.82) is 0 Å². The summed E-state index contributed by atoms with van der Waals surface area (Å²) in [5, 5.41) is 26.1. The molecule has 114 valence electrons. The standard InChI is InChI=1S/C18H12ClNO3/c19-11-6-8-13(15(21)9-11)18(23)14-7-5-10-3-1-2-4-12(10)16(14)20-17(18)22/h1-9,21,23H,(H,20,22). The molecule has 0 spiro atoms. The highest BCUT2D eigenvalue weighted by Gasteiger charge is 2.48. The molecule has 4 nitrogen and oxygen atoms in total. The number of aliphatic hydroxyl groups is 1. The first-order valence-corrected chi connectivity index (χ1v) is 7.44. The summed E-state index contributed by atoms with van der Waals surface area (Å²) in [6.07, 6.45) is 0. The van der Waals surface area contributed by atoms with Crippen molar-refractivity contribution >= 4 is 34.0 Å². The van der Waals surface area contributed by atoms with Crippen molar-refractivity contribution in [2.45, 2.75) is 5.60 Å². The molecule has 3 aromatic rings. The molecular weight excluding hydrogens is 314 g/mol. The smallest absolute Gasteiger partial charge is 0.266 e. The molecule has 0 aliphatic carbocycles. The summed E-state index contributed by atoms with van der Waals surface area (Å²) in [6.45, 7) is 0. The molecule has 1 amide bonds. The Bertz CT molecular complexity index is 970. The molecule has 1 unspecified atom stereocenters. The molecule has 4 rings (SSSR count). The zero-order valence-corrected chi connectivity index (χ0v) is 12.6. The summed E-state index contributed by atoms with van der Waals surface area (Å²) in [5.41, 5.74) is -0.870. The Morgan fingerprint density at radius 3 is 2.52 bits per heavy atom. The maximum Gasteiger partial charge on any atom is 0.266 e. The largest absolute Gasteiger partial charge is 0.507 e. The van der Waals surface area contributed by atoms with Gasteiger partial charge in [0.05, 0.1) is 5.69 Å². The first kappa shape index (κ1) is 14.1. The molecule has 0 saturated heterocycles. The van der Waals surface area contributed by atoms with E-state index in [-0.39, 0.29) is 11.3 Å². The predicted octanol–water partition coefficient (Wildman–Crippen LogP) is 3.39. The second-order valence-electron chi connectivity index (χ2n) is 5.54. The van der Waals surface area contributed by atoms with Gasteiger partial charge in [-0.05, 0) is 17.5 Å². The predicted molar refractivity (Wildman–Crippen MR) is 88.7 cm³/mol. The number of anilines is 1.